The van der Waals surface area contributed by atoms with Crippen LogP contribution in [0.15, 0.2) is 18.2 Å². The first kappa shape index (κ1) is 17.8. The van der Waals surface area contributed by atoms with Crippen LogP contribution in [0.1, 0.15) is 31.7 Å². The lowest BCUT2D eigenvalue weighted by Gasteiger charge is -2.12. The molecule has 1 amide bonds. The molecule has 0 fully saturated rings. The smallest absolute Gasteiger partial charge is 0.325 e. The molecular weight excluding hydrogens is 305 g/mol. The lowest BCUT2D eigenvalue weighted by molar-refractivity contribution is -0.137. The molecule has 0 heterocycles. The average Bonchev–Trinajstić information content (AvgIpc) is 2.39. The van der Waals surface area contributed by atoms with Gasteiger partial charge in [-0.2, -0.15) is 13.2 Å². The summed E-state index contributed by atoms with van der Waals surface area (Å²) in [6, 6.07) is 3.29. The Kier molecular flexibility index (Phi) is 6.98. The van der Waals surface area contributed by atoms with E-state index in [1.54, 1.807) is 0 Å². The van der Waals surface area contributed by atoms with Crippen LogP contribution in [0.4, 0.5) is 18.9 Å². The van der Waals surface area contributed by atoms with Gasteiger partial charge in [-0.05, 0) is 31.2 Å². The molecule has 3 nitrogen and oxygen atoms in total. The zero-order valence-electron chi connectivity index (χ0n) is 11.7. The predicted molar refractivity (Wildman–Crippen MR) is 77.5 cm³/mol. The lowest BCUT2D eigenvalue weighted by Crippen LogP contribution is -2.28. The summed E-state index contributed by atoms with van der Waals surface area (Å²) in [5.41, 5.74) is -0.884. The maximum absolute atomic E-state index is 12.7. The Morgan fingerprint density at radius 3 is 2.62 bits per heavy atom. The fraction of sp³-hybridized carbons (Fsp3) is 0.500. The normalized spacial score (nSPS) is 11.5. The van der Waals surface area contributed by atoms with Gasteiger partial charge in [-0.25, -0.2) is 0 Å². The summed E-state index contributed by atoms with van der Waals surface area (Å²) in [5, 5.41) is 4.96. The summed E-state index contributed by atoms with van der Waals surface area (Å²) in [6.45, 7) is 2.84. The standard InChI is InChI=1S/C14H18ClF3N2O/c1-2-3-4-7-19-9-13(21)20-10-5-6-12(15)11(8-10)14(16,17)18/h5-6,8,19H,2-4,7,9H2,1H3,(H,20,21). The Morgan fingerprint density at radius 2 is 2.00 bits per heavy atom. The highest BCUT2D eigenvalue weighted by molar-refractivity contribution is 6.31. The van der Waals surface area contributed by atoms with Crippen molar-refractivity contribution in [2.75, 3.05) is 18.4 Å². The summed E-state index contributed by atoms with van der Waals surface area (Å²) in [5.74, 6) is -0.387. The molecule has 21 heavy (non-hydrogen) atoms. The number of rotatable bonds is 7. The number of alkyl halides is 3. The van der Waals surface area contributed by atoms with E-state index >= 15 is 0 Å². The second kappa shape index (κ2) is 8.24. The van der Waals surface area contributed by atoms with Gasteiger partial charge in [0.2, 0.25) is 5.91 Å². The summed E-state index contributed by atoms with van der Waals surface area (Å²) >= 11 is 5.50. The van der Waals surface area contributed by atoms with Gasteiger partial charge in [-0.3, -0.25) is 4.79 Å². The van der Waals surface area contributed by atoms with Crippen LogP contribution < -0.4 is 10.6 Å². The van der Waals surface area contributed by atoms with Gasteiger partial charge in [0.1, 0.15) is 0 Å². The van der Waals surface area contributed by atoms with Gasteiger partial charge in [0.25, 0.3) is 0 Å². The molecule has 2 N–H and O–H groups in total. The number of amides is 1. The Bertz CT molecular complexity index is 478. The molecular formula is C14H18ClF3N2O. The number of benzene rings is 1. The van der Waals surface area contributed by atoms with Gasteiger partial charge in [0, 0.05) is 5.69 Å². The van der Waals surface area contributed by atoms with Crippen LogP contribution in [-0.2, 0) is 11.0 Å². The van der Waals surface area contributed by atoms with E-state index in [9.17, 15) is 18.0 Å². The number of unbranched alkanes of at least 4 members (excludes halogenated alkanes) is 2. The minimum absolute atomic E-state index is 0.0632. The van der Waals surface area contributed by atoms with E-state index in [2.05, 4.69) is 17.6 Å². The molecule has 0 bridgehead atoms. The fourth-order valence-corrected chi connectivity index (χ4v) is 1.95. The van der Waals surface area contributed by atoms with Crippen LogP contribution >= 0.6 is 11.6 Å². The molecule has 0 atom stereocenters. The van der Waals surface area contributed by atoms with Crippen LogP contribution in [0.3, 0.4) is 0 Å². The number of anilines is 1. The molecule has 0 unspecified atom stereocenters. The summed E-state index contributed by atoms with van der Waals surface area (Å²) in [7, 11) is 0. The Morgan fingerprint density at radius 1 is 1.29 bits per heavy atom. The van der Waals surface area contributed by atoms with Crippen molar-refractivity contribution in [3.63, 3.8) is 0 Å². The Balaban J connectivity index is 2.53. The molecule has 0 spiro atoms. The zero-order chi connectivity index (χ0) is 15.9. The zero-order valence-corrected chi connectivity index (χ0v) is 12.4. The van der Waals surface area contributed by atoms with E-state index in [0.29, 0.717) is 6.54 Å². The minimum atomic E-state index is -4.55. The van der Waals surface area contributed by atoms with E-state index in [4.69, 9.17) is 11.6 Å². The summed E-state index contributed by atoms with van der Waals surface area (Å²) in [4.78, 5) is 11.6. The molecule has 0 radical (unpaired) electrons. The molecule has 0 aromatic heterocycles. The molecule has 0 saturated carbocycles. The highest BCUT2D eigenvalue weighted by atomic mass is 35.5. The molecule has 1 rings (SSSR count). The van der Waals surface area contributed by atoms with Crippen molar-refractivity contribution in [3.05, 3.63) is 28.8 Å². The molecule has 1 aromatic rings. The monoisotopic (exact) mass is 322 g/mol. The SMILES string of the molecule is CCCCCNCC(=O)Nc1ccc(Cl)c(C(F)(F)F)c1. The van der Waals surface area contributed by atoms with Crippen molar-refractivity contribution < 1.29 is 18.0 Å². The third-order valence-corrected chi connectivity index (χ3v) is 3.13. The van der Waals surface area contributed by atoms with Crippen molar-refractivity contribution in [1.29, 1.82) is 0 Å². The van der Waals surface area contributed by atoms with Gasteiger partial charge in [-0.15, -0.1) is 0 Å². The average molecular weight is 323 g/mol. The van der Waals surface area contributed by atoms with Crippen LogP contribution in [0.5, 0.6) is 0 Å². The second-order valence-corrected chi connectivity index (χ2v) is 5.03. The molecule has 118 valence electrons. The number of hydrogen-bond donors (Lipinski definition) is 2. The number of nitrogens with one attached hydrogen (secondary N) is 2. The van der Waals surface area contributed by atoms with E-state index in [1.165, 1.54) is 6.07 Å². The van der Waals surface area contributed by atoms with Crippen LogP contribution in [0, 0.1) is 0 Å². The molecule has 0 aliphatic heterocycles. The number of carbonyl (C=O) groups excluding carboxylic acids is 1. The van der Waals surface area contributed by atoms with E-state index in [0.717, 1.165) is 31.4 Å². The second-order valence-electron chi connectivity index (χ2n) is 4.62. The lowest BCUT2D eigenvalue weighted by atomic mass is 10.2. The summed E-state index contributed by atoms with van der Waals surface area (Å²) in [6.07, 6.45) is -1.43. The molecule has 0 aliphatic carbocycles. The highest BCUT2D eigenvalue weighted by Crippen LogP contribution is 2.36. The first-order chi connectivity index (χ1) is 9.84. The summed E-state index contributed by atoms with van der Waals surface area (Å²) < 4.78 is 38.0. The van der Waals surface area contributed by atoms with Crippen molar-refractivity contribution in [1.82, 2.24) is 5.32 Å². The maximum atomic E-state index is 12.7. The van der Waals surface area contributed by atoms with Gasteiger partial charge >= 0.3 is 6.18 Å². The molecule has 0 saturated heterocycles. The van der Waals surface area contributed by atoms with E-state index < -0.39 is 16.8 Å². The van der Waals surface area contributed by atoms with Crippen molar-refractivity contribution >= 4 is 23.2 Å². The third-order valence-electron chi connectivity index (χ3n) is 2.80. The molecule has 7 heteroatoms. The molecule has 0 aliphatic rings. The first-order valence-corrected chi connectivity index (χ1v) is 7.09. The number of hydrogen-bond acceptors (Lipinski definition) is 2. The highest BCUT2D eigenvalue weighted by Gasteiger charge is 2.33. The van der Waals surface area contributed by atoms with Crippen molar-refractivity contribution in [2.45, 2.75) is 32.4 Å². The number of carbonyl (C=O) groups is 1. The van der Waals surface area contributed by atoms with Gasteiger partial charge < -0.3 is 10.6 Å². The van der Waals surface area contributed by atoms with Crippen LogP contribution in [0.25, 0.3) is 0 Å². The maximum Gasteiger partial charge on any atom is 0.417 e. The minimum Gasteiger partial charge on any atom is -0.325 e. The first-order valence-electron chi connectivity index (χ1n) is 6.72. The van der Waals surface area contributed by atoms with Gasteiger partial charge in [0.05, 0.1) is 17.1 Å². The Labute approximate surface area is 126 Å². The fourth-order valence-electron chi connectivity index (χ4n) is 1.73. The predicted octanol–water partition coefficient (Wildman–Crippen LogP) is 4.08. The van der Waals surface area contributed by atoms with Gasteiger partial charge in [0.15, 0.2) is 0 Å². The largest absolute Gasteiger partial charge is 0.417 e. The van der Waals surface area contributed by atoms with Crippen LogP contribution in [-0.4, -0.2) is 19.0 Å². The van der Waals surface area contributed by atoms with Crippen molar-refractivity contribution in [2.24, 2.45) is 0 Å². The molecule has 1 aromatic carbocycles. The van der Waals surface area contributed by atoms with Gasteiger partial charge in [-0.1, -0.05) is 31.4 Å². The Hall–Kier alpha value is -1.27. The van der Waals surface area contributed by atoms with E-state index in [-0.39, 0.29) is 18.1 Å². The third kappa shape index (κ3) is 6.35. The van der Waals surface area contributed by atoms with E-state index in [1.807, 2.05) is 0 Å². The van der Waals surface area contributed by atoms with Crippen molar-refractivity contribution in [3.8, 4) is 0 Å². The topological polar surface area (TPSA) is 41.1 Å². The van der Waals surface area contributed by atoms with Crippen LogP contribution in [0.2, 0.25) is 5.02 Å². The number of halogens is 4. The quantitative estimate of drug-likeness (QED) is 0.743.